The molecule has 1 amide bonds. The van der Waals surface area contributed by atoms with E-state index in [1.165, 1.54) is 12.1 Å². The average molecular weight is 562 g/mol. The molecule has 0 spiro atoms. The van der Waals surface area contributed by atoms with Crippen LogP contribution in [0.3, 0.4) is 0 Å². The third-order valence-corrected chi connectivity index (χ3v) is 8.25. The molecule has 0 bridgehead atoms. The molecular formula is C27H27Cl2FN4O2S. The van der Waals surface area contributed by atoms with Crippen LogP contribution in [-0.4, -0.2) is 38.7 Å². The molecule has 2 aromatic carbocycles. The summed E-state index contributed by atoms with van der Waals surface area (Å²) in [7, 11) is 0. The number of rotatable bonds is 4. The van der Waals surface area contributed by atoms with E-state index in [2.05, 4.69) is 19.3 Å². The van der Waals surface area contributed by atoms with Crippen molar-refractivity contribution in [1.29, 1.82) is 0 Å². The normalized spacial score (nSPS) is 21.1. The second kappa shape index (κ2) is 11.1. The molecule has 2 aliphatic rings. The van der Waals surface area contributed by atoms with Crippen molar-refractivity contribution in [2.45, 2.75) is 50.9 Å². The van der Waals surface area contributed by atoms with Crippen molar-refractivity contribution in [2.75, 3.05) is 5.75 Å². The molecule has 3 aromatic rings. The van der Waals surface area contributed by atoms with Crippen molar-refractivity contribution in [1.82, 2.24) is 20.2 Å². The number of aromatic nitrogens is 2. The van der Waals surface area contributed by atoms with Gasteiger partial charge in [-0.1, -0.05) is 41.8 Å². The molecule has 10 heteroatoms. The Morgan fingerprint density at radius 1 is 1.14 bits per heavy atom. The van der Waals surface area contributed by atoms with E-state index in [4.69, 9.17) is 33.0 Å². The van der Waals surface area contributed by atoms with Gasteiger partial charge in [0.1, 0.15) is 5.82 Å². The third kappa shape index (κ3) is 5.67. The average Bonchev–Trinajstić information content (AvgIpc) is 3.22. The Morgan fingerprint density at radius 2 is 1.86 bits per heavy atom. The number of carbonyl (C=O) groups is 1. The molecular weight excluding hydrogens is 534 g/mol. The van der Waals surface area contributed by atoms with E-state index in [1.54, 1.807) is 46.8 Å². The van der Waals surface area contributed by atoms with Crippen molar-refractivity contribution >= 4 is 52.7 Å². The quantitative estimate of drug-likeness (QED) is 0.361. The monoisotopic (exact) mass is 560 g/mol. The number of halogens is 3. The number of carbonyl (C=O) groups excluding carboxylic acids is 1. The fraction of sp³-hybridized carbons (Fsp3) is 0.333. The van der Waals surface area contributed by atoms with Crippen LogP contribution in [0.2, 0.25) is 10.0 Å². The van der Waals surface area contributed by atoms with Crippen molar-refractivity contribution in [3.63, 3.8) is 0 Å². The van der Waals surface area contributed by atoms with Crippen LogP contribution in [-0.2, 0) is 5.75 Å². The Hall–Kier alpha value is -2.52. The summed E-state index contributed by atoms with van der Waals surface area (Å²) in [4.78, 5) is 13.0. The first-order chi connectivity index (χ1) is 17.8. The lowest BCUT2D eigenvalue weighted by molar-refractivity contribution is 0.0483. The highest BCUT2D eigenvalue weighted by atomic mass is 35.5. The largest absolute Gasteiger partial charge is 0.428 e. The molecule has 194 valence electrons. The molecule has 3 heterocycles. The van der Waals surface area contributed by atoms with E-state index < -0.39 is 6.09 Å². The molecule has 0 aliphatic carbocycles. The zero-order valence-electron chi connectivity index (χ0n) is 20.5. The first kappa shape index (κ1) is 26.1. The molecule has 2 atom stereocenters. The van der Waals surface area contributed by atoms with Crippen LogP contribution in [0.15, 0.2) is 42.5 Å². The van der Waals surface area contributed by atoms with E-state index >= 15 is 0 Å². The van der Waals surface area contributed by atoms with Gasteiger partial charge in [-0.25, -0.2) is 18.9 Å². The van der Waals surface area contributed by atoms with Gasteiger partial charge in [-0.15, -0.1) is 5.10 Å². The van der Waals surface area contributed by atoms with E-state index in [1.807, 2.05) is 11.1 Å². The predicted molar refractivity (Wildman–Crippen MR) is 148 cm³/mol. The zero-order valence-corrected chi connectivity index (χ0v) is 22.8. The molecule has 0 radical (unpaired) electrons. The van der Waals surface area contributed by atoms with Crippen LogP contribution < -0.4 is 10.2 Å². The van der Waals surface area contributed by atoms with Gasteiger partial charge in [0.2, 0.25) is 5.88 Å². The Bertz CT molecular complexity index is 1330. The van der Waals surface area contributed by atoms with Crippen LogP contribution in [0.4, 0.5) is 9.18 Å². The molecule has 2 aliphatic heterocycles. The Kier molecular flexibility index (Phi) is 7.81. The lowest BCUT2D eigenvalue weighted by Crippen LogP contribution is -2.54. The summed E-state index contributed by atoms with van der Waals surface area (Å²) in [6.45, 7) is 4.19. The molecule has 37 heavy (non-hydrogen) atoms. The standard InChI is InChI=1S/C27H27Cl2FN4O2S/c1-16-4-3-5-17(2)33(16)32-27(35)36-26-22-15-37-14-19(12-18-6-9-21(30)10-7-18)25(22)34(31-26)24-11-8-20(28)13-23(24)29/h6-13,16-17H,3-5,14-15H2,1-2H3,(H,32,35)/b19-12+. The fourth-order valence-corrected chi connectivity index (χ4v) is 6.35. The Labute approximate surface area is 229 Å². The summed E-state index contributed by atoms with van der Waals surface area (Å²) in [6.07, 6.45) is 4.58. The van der Waals surface area contributed by atoms with Gasteiger partial charge in [-0.2, -0.15) is 11.8 Å². The SMILES string of the molecule is CC1CCCC(C)N1NC(=O)Oc1nn(-c2ccc(Cl)cc2Cl)c2c1CSC/C2=C\c1ccc(F)cc1. The van der Waals surface area contributed by atoms with E-state index in [9.17, 15) is 9.18 Å². The van der Waals surface area contributed by atoms with E-state index in [-0.39, 0.29) is 23.8 Å². The smallest absolute Gasteiger partial charge is 0.388 e. The summed E-state index contributed by atoms with van der Waals surface area (Å²) in [5, 5.41) is 7.59. The van der Waals surface area contributed by atoms with E-state index in [0.717, 1.165) is 41.7 Å². The maximum atomic E-state index is 13.5. The van der Waals surface area contributed by atoms with Gasteiger partial charge >= 0.3 is 6.09 Å². The highest BCUT2D eigenvalue weighted by Gasteiger charge is 2.31. The Balaban J connectivity index is 1.54. The minimum Gasteiger partial charge on any atom is -0.388 e. The number of ether oxygens (including phenoxy) is 1. The third-order valence-electron chi connectivity index (χ3n) is 6.71. The number of amides is 1. The van der Waals surface area contributed by atoms with Gasteiger partial charge in [-0.05, 0) is 74.2 Å². The van der Waals surface area contributed by atoms with Crippen LogP contribution in [0, 0.1) is 5.82 Å². The van der Waals surface area contributed by atoms with Gasteiger partial charge < -0.3 is 4.74 Å². The highest BCUT2D eigenvalue weighted by Crippen LogP contribution is 2.41. The molecule has 5 rings (SSSR count). The fourth-order valence-electron chi connectivity index (χ4n) is 4.86. The Morgan fingerprint density at radius 3 is 2.57 bits per heavy atom. The molecule has 1 aromatic heterocycles. The van der Waals surface area contributed by atoms with Crippen molar-refractivity contribution < 1.29 is 13.9 Å². The number of hydrazine groups is 1. The van der Waals surface area contributed by atoms with Crippen LogP contribution in [0.5, 0.6) is 5.88 Å². The maximum absolute atomic E-state index is 13.5. The molecule has 1 saturated heterocycles. The van der Waals surface area contributed by atoms with E-state index in [0.29, 0.717) is 27.2 Å². The first-order valence-corrected chi connectivity index (χ1v) is 14.1. The zero-order chi connectivity index (χ0) is 26.1. The number of hydrogen-bond acceptors (Lipinski definition) is 5. The lowest BCUT2D eigenvalue weighted by atomic mass is 10.00. The van der Waals surface area contributed by atoms with Crippen LogP contribution in [0.1, 0.15) is 49.9 Å². The number of hydrogen-bond donors (Lipinski definition) is 1. The summed E-state index contributed by atoms with van der Waals surface area (Å²) in [5.41, 5.74) is 6.95. The maximum Gasteiger partial charge on any atom is 0.428 e. The molecule has 1 N–H and O–H groups in total. The topological polar surface area (TPSA) is 59.4 Å². The lowest BCUT2D eigenvalue weighted by Gasteiger charge is -2.38. The molecule has 0 saturated carbocycles. The summed E-state index contributed by atoms with van der Waals surface area (Å²) in [5.74, 6) is 1.25. The van der Waals surface area contributed by atoms with Crippen LogP contribution in [0.25, 0.3) is 17.3 Å². The molecule has 6 nitrogen and oxygen atoms in total. The van der Waals surface area contributed by atoms with Gasteiger partial charge in [-0.3, -0.25) is 5.43 Å². The number of nitrogens with one attached hydrogen (secondary N) is 1. The van der Waals surface area contributed by atoms with Gasteiger partial charge in [0.25, 0.3) is 0 Å². The van der Waals surface area contributed by atoms with Crippen molar-refractivity contribution in [3.8, 4) is 11.6 Å². The van der Waals surface area contributed by atoms with Crippen molar-refractivity contribution in [2.24, 2.45) is 0 Å². The minimum atomic E-state index is -0.574. The van der Waals surface area contributed by atoms with Gasteiger partial charge in [0.15, 0.2) is 0 Å². The van der Waals surface area contributed by atoms with Crippen molar-refractivity contribution in [3.05, 3.63) is 75.1 Å². The summed E-state index contributed by atoms with van der Waals surface area (Å²) >= 11 is 14.4. The highest BCUT2D eigenvalue weighted by molar-refractivity contribution is 7.99. The molecule has 2 unspecified atom stereocenters. The number of fused-ring (bicyclic) bond motifs is 1. The second-order valence-corrected chi connectivity index (χ2v) is 11.2. The first-order valence-electron chi connectivity index (χ1n) is 12.2. The van der Waals surface area contributed by atoms with Gasteiger partial charge in [0.05, 0.1) is 22.0 Å². The number of thioether (sulfide) groups is 1. The summed E-state index contributed by atoms with van der Waals surface area (Å²) in [6, 6.07) is 11.9. The summed E-state index contributed by atoms with van der Waals surface area (Å²) < 4.78 is 21.0. The number of piperidine rings is 1. The molecule has 1 fully saturated rings. The van der Waals surface area contributed by atoms with Gasteiger partial charge in [0, 0.05) is 28.6 Å². The number of benzene rings is 2. The predicted octanol–water partition coefficient (Wildman–Crippen LogP) is 7.37. The van der Waals surface area contributed by atoms with Crippen LogP contribution >= 0.6 is 35.0 Å². The second-order valence-electron chi connectivity index (χ2n) is 9.39. The minimum absolute atomic E-state index is 0.219. The number of nitrogens with zero attached hydrogens (tertiary/aromatic N) is 3.